The lowest BCUT2D eigenvalue weighted by molar-refractivity contribution is 0.0898. The van der Waals surface area contributed by atoms with Crippen LogP contribution in [0.3, 0.4) is 0 Å². The van der Waals surface area contributed by atoms with Gasteiger partial charge >= 0.3 is 6.20 Å². The maximum absolute atomic E-state index is 12.5. The summed E-state index contributed by atoms with van der Waals surface area (Å²) in [6, 6.07) is 5.41. The molecule has 1 aromatic carbocycles. The van der Waals surface area contributed by atoms with E-state index in [0.717, 1.165) is 6.20 Å². The molecule has 8 nitrogen and oxygen atoms in total. The van der Waals surface area contributed by atoms with E-state index in [9.17, 15) is 14.7 Å². The van der Waals surface area contributed by atoms with E-state index in [1.165, 1.54) is 12.1 Å². The summed E-state index contributed by atoms with van der Waals surface area (Å²) in [4.78, 5) is 27.0. The van der Waals surface area contributed by atoms with E-state index in [4.69, 9.17) is 11.2 Å². The normalized spacial score (nSPS) is 13.6. The molecule has 5 N–H and O–H groups in total. The summed E-state index contributed by atoms with van der Waals surface area (Å²) in [7, 11) is 0. The molecule has 0 spiro atoms. The minimum Gasteiger partial charge on any atom is -0.504 e. The topological polar surface area (TPSA) is 133 Å². The van der Waals surface area contributed by atoms with Crippen LogP contribution in [0, 0.1) is 11.3 Å². The summed E-state index contributed by atoms with van der Waals surface area (Å²) < 4.78 is 0. The highest BCUT2D eigenvalue weighted by Crippen LogP contribution is 2.16. The SMILES string of the molecule is CC[C@H](C)[C@@H](NC(=O)c1ccccc1C(=O)NN)C(O)=C[N+]#N. The van der Waals surface area contributed by atoms with Crippen molar-refractivity contribution in [1.82, 2.24) is 10.7 Å². The number of nitrogens with two attached hydrogens (primary N) is 1. The number of diazo groups is 1. The monoisotopic (exact) mass is 318 g/mol. The lowest BCUT2D eigenvalue weighted by Gasteiger charge is -2.22. The summed E-state index contributed by atoms with van der Waals surface area (Å²) in [5.41, 5.74) is 2.22. The van der Waals surface area contributed by atoms with Gasteiger partial charge in [0.15, 0.2) is 4.98 Å². The third-order valence-corrected chi connectivity index (χ3v) is 3.56. The van der Waals surface area contributed by atoms with E-state index in [-0.39, 0.29) is 22.8 Å². The summed E-state index contributed by atoms with van der Waals surface area (Å²) in [5.74, 6) is 3.57. The van der Waals surface area contributed by atoms with Crippen molar-refractivity contribution in [3.05, 3.63) is 52.3 Å². The average molecular weight is 318 g/mol. The molecular weight excluding hydrogens is 298 g/mol. The van der Waals surface area contributed by atoms with E-state index in [1.54, 1.807) is 12.1 Å². The van der Waals surface area contributed by atoms with Crippen LogP contribution in [0.2, 0.25) is 0 Å². The molecule has 0 aliphatic rings. The lowest BCUT2D eigenvalue weighted by atomic mass is 9.96. The van der Waals surface area contributed by atoms with Crippen molar-refractivity contribution in [2.24, 2.45) is 11.8 Å². The number of aliphatic hydroxyl groups is 1. The Bertz CT molecular complexity index is 651. The van der Waals surface area contributed by atoms with Crippen LogP contribution in [0.25, 0.3) is 4.98 Å². The van der Waals surface area contributed by atoms with Crippen LogP contribution in [0.1, 0.15) is 41.0 Å². The molecule has 2 atom stereocenters. The fraction of sp³-hybridized carbons (Fsp3) is 0.333. The first-order valence-corrected chi connectivity index (χ1v) is 7.10. The smallest absolute Gasteiger partial charge is 0.389 e. The van der Waals surface area contributed by atoms with Crippen LogP contribution >= 0.6 is 0 Å². The molecule has 2 amide bonds. The van der Waals surface area contributed by atoms with E-state index >= 15 is 0 Å². The predicted octanol–water partition coefficient (Wildman–Crippen LogP) is 1.69. The largest absolute Gasteiger partial charge is 0.504 e. The Labute approximate surface area is 134 Å². The van der Waals surface area contributed by atoms with Gasteiger partial charge in [-0.15, -0.1) is 0 Å². The zero-order valence-electron chi connectivity index (χ0n) is 13.0. The molecule has 0 saturated carbocycles. The second kappa shape index (κ2) is 8.51. The molecule has 1 aromatic rings. The number of nitrogens with zero attached hydrogens (tertiary/aromatic N) is 2. The molecule has 0 aliphatic carbocycles. The molecule has 0 heterocycles. The molecule has 0 saturated heterocycles. The van der Waals surface area contributed by atoms with Gasteiger partial charge in [-0.3, -0.25) is 15.0 Å². The number of hydrogen-bond acceptors (Lipinski definition) is 5. The van der Waals surface area contributed by atoms with Gasteiger partial charge in [-0.1, -0.05) is 32.4 Å². The molecule has 0 aliphatic heterocycles. The number of hydrogen-bond donors (Lipinski definition) is 4. The number of carbonyl (C=O) groups is 2. The van der Waals surface area contributed by atoms with Crippen LogP contribution in [0.15, 0.2) is 36.2 Å². The van der Waals surface area contributed by atoms with Crippen molar-refractivity contribution in [3.63, 3.8) is 0 Å². The number of rotatable bonds is 6. The van der Waals surface area contributed by atoms with Crippen molar-refractivity contribution in [1.29, 1.82) is 5.39 Å². The van der Waals surface area contributed by atoms with Gasteiger partial charge in [-0.25, -0.2) is 5.84 Å². The van der Waals surface area contributed by atoms with Gasteiger partial charge < -0.3 is 10.4 Å². The van der Waals surface area contributed by atoms with Crippen molar-refractivity contribution in [2.75, 3.05) is 0 Å². The lowest BCUT2D eigenvalue weighted by Crippen LogP contribution is -2.42. The number of amides is 2. The fourth-order valence-corrected chi connectivity index (χ4v) is 2.06. The fourth-order valence-electron chi connectivity index (χ4n) is 2.06. The first-order valence-electron chi connectivity index (χ1n) is 7.10. The predicted molar refractivity (Wildman–Crippen MR) is 84.6 cm³/mol. The molecule has 0 bridgehead atoms. The van der Waals surface area contributed by atoms with Gasteiger partial charge in [0.2, 0.25) is 11.2 Å². The number of nitrogens with one attached hydrogen (secondary N) is 2. The Kier molecular flexibility index (Phi) is 6.70. The highest BCUT2D eigenvalue weighted by Gasteiger charge is 2.27. The quantitative estimate of drug-likeness (QED) is 0.208. The van der Waals surface area contributed by atoms with Crippen molar-refractivity contribution in [3.8, 4) is 0 Å². The molecule has 0 aromatic heterocycles. The molecule has 0 fully saturated rings. The summed E-state index contributed by atoms with van der Waals surface area (Å²) in [6.07, 6.45) is 1.52. The van der Waals surface area contributed by atoms with Crippen LogP contribution in [-0.2, 0) is 0 Å². The number of aliphatic hydroxyl groups excluding tert-OH is 1. The highest BCUT2D eigenvalue weighted by molar-refractivity contribution is 6.07. The van der Waals surface area contributed by atoms with E-state index in [0.29, 0.717) is 6.42 Å². The molecule has 0 unspecified atom stereocenters. The number of nitrogen functional groups attached to an aromatic ring is 1. The first kappa shape index (κ1) is 18.1. The average Bonchev–Trinajstić information content (AvgIpc) is 2.58. The summed E-state index contributed by atoms with van der Waals surface area (Å²) in [6.45, 7) is 3.72. The Morgan fingerprint density at radius 3 is 2.39 bits per heavy atom. The summed E-state index contributed by atoms with van der Waals surface area (Å²) in [5, 5.41) is 21.1. The van der Waals surface area contributed by atoms with Gasteiger partial charge in [0.05, 0.1) is 17.2 Å². The molecule has 23 heavy (non-hydrogen) atoms. The Morgan fingerprint density at radius 2 is 1.91 bits per heavy atom. The second-order valence-electron chi connectivity index (χ2n) is 5.03. The Morgan fingerprint density at radius 1 is 1.35 bits per heavy atom. The maximum atomic E-state index is 12.5. The van der Waals surface area contributed by atoms with Gasteiger partial charge in [0.1, 0.15) is 0 Å². The van der Waals surface area contributed by atoms with Crippen molar-refractivity contribution < 1.29 is 14.7 Å². The van der Waals surface area contributed by atoms with Gasteiger partial charge in [0, 0.05) is 0 Å². The van der Waals surface area contributed by atoms with Crippen LogP contribution in [0.4, 0.5) is 0 Å². The zero-order valence-corrected chi connectivity index (χ0v) is 13.0. The van der Waals surface area contributed by atoms with E-state index in [1.807, 2.05) is 19.3 Å². The number of carbonyl (C=O) groups excluding carboxylic acids is 2. The standard InChI is InChI=1S/C15H19N5O3/c1-3-9(2)13(12(21)8-18-16)19-14(22)10-6-4-5-7-11(10)15(23)20-17/h4-9,13,16-17H,3H2,1-2H3,(H2,19,21,22)/p+1/t9-,13+/m0/s1. The molecule has 0 radical (unpaired) electrons. The van der Waals surface area contributed by atoms with Gasteiger partial charge in [-0.05, 0) is 18.1 Å². The molecule has 8 heteroatoms. The molecule has 122 valence electrons. The molecule has 1 rings (SSSR count). The van der Waals surface area contributed by atoms with E-state index < -0.39 is 17.9 Å². The van der Waals surface area contributed by atoms with Crippen molar-refractivity contribution in [2.45, 2.75) is 26.3 Å². The summed E-state index contributed by atoms with van der Waals surface area (Å²) >= 11 is 0. The number of benzene rings is 1. The third kappa shape index (κ3) is 4.52. The Balaban J connectivity index is 3.12. The van der Waals surface area contributed by atoms with Crippen LogP contribution in [-0.4, -0.2) is 23.0 Å². The van der Waals surface area contributed by atoms with Crippen LogP contribution < -0.4 is 16.6 Å². The van der Waals surface area contributed by atoms with Crippen molar-refractivity contribution >= 4 is 11.8 Å². The Hall–Kier alpha value is -2.92. The maximum Gasteiger partial charge on any atom is 0.389 e. The first-order chi connectivity index (χ1) is 11.0. The minimum atomic E-state index is -0.752. The van der Waals surface area contributed by atoms with Gasteiger partial charge in [0.25, 0.3) is 11.8 Å². The zero-order chi connectivity index (χ0) is 17.4. The highest BCUT2D eigenvalue weighted by atomic mass is 16.3. The van der Waals surface area contributed by atoms with Crippen LogP contribution in [0.5, 0.6) is 0 Å². The third-order valence-electron chi connectivity index (χ3n) is 3.56. The molecular formula is C15H20N5O3+. The van der Waals surface area contributed by atoms with E-state index in [2.05, 4.69) is 10.3 Å². The van der Waals surface area contributed by atoms with Gasteiger partial charge in [-0.2, -0.15) is 0 Å². The number of hydrazine groups is 1. The second-order valence-corrected chi connectivity index (χ2v) is 5.03. The minimum absolute atomic E-state index is 0.116.